The third-order valence-electron chi connectivity index (χ3n) is 4.58. The van der Waals surface area contributed by atoms with E-state index in [1.165, 1.54) is 11.8 Å². The van der Waals surface area contributed by atoms with Gasteiger partial charge in [-0.05, 0) is 33.3 Å². The second-order valence-corrected chi connectivity index (χ2v) is 11.1. The van der Waals surface area contributed by atoms with Crippen molar-refractivity contribution in [3.05, 3.63) is 23.0 Å². The van der Waals surface area contributed by atoms with Crippen molar-refractivity contribution in [2.24, 2.45) is 0 Å². The van der Waals surface area contributed by atoms with Crippen LogP contribution in [0.3, 0.4) is 0 Å². The molecule has 1 N–H and O–H groups in total. The van der Waals surface area contributed by atoms with Crippen LogP contribution in [0.5, 0.6) is 0 Å². The van der Waals surface area contributed by atoms with Crippen LogP contribution in [0.1, 0.15) is 41.1 Å². The Balaban J connectivity index is 1.64. The summed E-state index contributed by atoms with van der Waals surface area (Å²) < 4.78 is 30.9. The topological polar surface area (TPSA) is 120 Å². The Kier molecular flexibility index (Phi) is 6.64. The number of hydrogen-bond acceptors (Lipinski definition) is 9. The lowest BCUT2D eigenvalue weighted by molar-refractivity contribution is 0.102. The van der Waals surface area contributed by atoms with E-state index in [4.69, 9.17) is 4.74 Å². The highest BCUT2D eigenvalue weighted by Gasteiger charge is 2.31. The molecule has 0 radical (unpaired) electrons. The number of ether oxygens (including phenoxy) is 1. The van der Waals surface area contributed by atoms with Gasteiger partial charge in [0, 0.05) is 23.0 Å². The predicted octanol–water partition coefficient (Wildman–Crippen LogP) is 2.86. The molecule has 12 heteroatoms. The van der Waals surface area contributed by atoms with Crippen molar-refractivity contribution in [1.82, 2.24) is 14.8 Å². The average molecular weight is 459 g/mol. The van der Waals surface area contributed by atoms with Gasteiger partial charge in [0.25, 0.3) is 0 Å². The van der Waals surface area contributed by atoms with Crippen molar-refractivity contribution in [2.45, 2.75) is 37.6 Å². The van der Waals surface area contributed by atoms with Crippen LogP contribution in [0.4, 0.5) is 9.93 Å². The van der Waals surface area contributed by atoms with Crippen molar-refractivity contribution in [3.63, 3.8) is 0 Å². The Morgan fingerprint density at radius 2 is 2.14 bits per heavy atom. The molecule has 3 heterocycles. The minimum absolute atomic E-state index is 0.0645. The molecule has 1 amide bonds. The summed E-state index contributed by atoms with van der Waals surface area (Å²) >= 11 is 2.40. The normalized spacial score (nSPS) is 18.0. The Hall–Kier alpha value is -1.92. The summed E-state index contributed by atoms with van der Waals surface area (Å²) in [6, 6.07) is 1.70. The van der Waals surface area contributed by atoms with Crippen LogP contribution in [0.2, 0.25) is 0 Å². The monoisotopic (exact) mass is 458 g/mol. The molecule has 2 aromatic rings. The van der Waals surface area contributed by atoms with Crippen molar-refractivity contribution >= 4 is 49.9 Å². The summed E-state index contributed by atoms with van der Waals surface area (Å²) in [5.74, 6) is 0.409. The maximum absolute atomic E-state index is 12.7. The molecule has 3 rings (SSSR count). The quantitative estimate of drug-likeness (QED) is 0.382. The summed E-state index contributed by atoms with van der Waals surface area (Å²) in [7, 11) is -3.01. The fourth-order valence-electron chi connectivity index (χ4n) is 3.38. The molecule has 1 unspecified atom stereocenters. The standard InChI is InChI=1S/C17H22N4O5S3/c1-4-26-16(23)18-15-19-20-17(28-15)27-8-14(22)13-7-10(2)21(11(13)3)12-5-6-29(24,25)9-12/h7,12H,4-6,8-9H2,1-3H3,(H,18,19,23). The molecular weight excluding hydrogens is 436 g/mol. The lowest BCUT2D eigenvalue weighted by Gasteiger charge is -2.16. The fourth-order valence-corrected chi connectivity index (χ4v) is 6.70. The van der Waals surface area contributed by atoms with Gasteiger partial charge in [0.05, 0.1) is 23.9 Å². The van der Waals surface area contributed by atoms with Gasteiger partial charge in [-0.1, -0.05) is 23.1 Å². The molecular formula is C17H22N4O5S3. The number of nitrogens with one attached hydrogen (secondary N) is 1. The Morgan fingerprint density at radius 3 is 2.79 bits per heavy atom. The van der Waals surface area contributed by atoms with Gasteiger partial charge in [-0.25, -0.2) is 13.2 Å². The zero-order chi connectivity index (χ0) is 21.2. The number of aryl methyl sites for hydroxylation is 1. The predicted molar refractivity (Wildman–Crippen MR) is 112 cm³/mol. The average Bonchev–Trinajstić information content (AvgIpc) is 3.31. The minimum atomic E-state index is -3.01. The van der Waals surface area contributed by atoms with Gasteiger partial charge in [-0.3, -0.25) is 10.1 Å². The fraction of sp³-hybridized carbons (Fsp3) is 0.529. The second-order valence-electron chi connectivity index (χ2n) is 6.64. The molecule has 1 atom stereocenters. The molecule has 0 saturated carbocycles. The molecule has 2 aromatic heterocycles. The summed E-state index contributed by atoms with van der Waals surface area (Å²) in [4.78, 5) is 24.1. The lowest BCUT2D eigenvalue weighted by Crippen LogP contribution is -2.14. The number of ketones is 1. The number of aromatic nitrogens is 3. The van der Waals surface area contributed by atoms with E-state index >= 15 is 0 Å². The molecule has 1 saturated heterocycles. The van der Waals surface area contributed by atoms with E-state index in [2.05, 4.69) is 15.5 Å². The number of carbonyl (C=O) groups excluding carboxylic acids is 2. The zero-order valence-electron chi connectivity index (χ0n) is 16.3. The molecule has 0 bridgehead atoms. The maximum atomic E-state index is 12.7. The first kappa shape index (κ1) is 21.8. The van der Waals surface area contributed by atoms with E-state index in [0.717, 1.165) is 22.7 Å². The smallest absolute Gasteiger partial charge is 0.413 e. The second kappa shape index (κ2) is 8.84. The van der Waals surface area contributed by atoms with E-state index in [9.17, 15) is 18.0 Å². The molecule has 1 aliphatic heterocycles. The summed E-state index contributed by atoms with van der Waals surface area (Å²) in [5, 5.41) is 10.6. The van der Waals surface area contributed by atoms with Crippen molar-refractivity contribution in [1.29, 1.82) is 0 Å². The maximum Gasteiger partial charge on any atom is 0.413 e. The molecule has 0 spiro atoms. The van der Waals surface area contributed by atoms with Crippen molar-refractivity contribution in [2.75, 3.05) is 29.2 Å². The van der Waals surface area contributed by atoms with Crippen LogP contribution >= 0.6 is 23.1 Å². The van der Waals surface area contributed by atoms with Gasteiger partial charge >= 0.3 is 6.09 Å². The number of hydrogen-bond donors (Lipinski definition) is 1. The van der Waals surface area contributed by atoms with E-state index in [-0.39, 0.29) is 35.7 Å². The van der Waals surface area contributed by atoms with Crippen LogP contribution in [0, 0.1) is 13.8 Å². The van der Waals surface area contributed by atoms with Crippen molar-refractivity contribution in [3.8, 4) is 0 Å². The molecule has 1 aliphatic rings. The number of Topliss-reactive ketones (excluding diaryl/α,β-unsaturated/α-hetero) is 1. The highest BCUT2D eigenvalue weighted by atomic mass is 32.2. The summed E-state index contributed by atoms with van der Waals surface area (Å²) in [6.07, 6.45) is -0.0279. The van der Waals surface area contributed by atoms with Crippen LogP contribution in [0.25, 0.3) is 0 Å². The lowest BCUT2D eigenvalue weighted by atomic mass is 10.2. The number of rotatable bonds is 7. The number of thioether (sulfide) groups is 1. The van der Waals surface area contributed by atoms with E-state index in [1.807, 2.05) is 24.5 Å². The van der Waals surface area contributed by atoms with Crippen LogP contribution in [-0.4, -0.2) is 58.9 Å². The summed E-state index contributed by atoms with van der Waals surface area (Å²) in [5.41, 5.74) is 2.26. The minimum Gasteiger partial charge on any atom is -0.450 e. The highest BCUT2D eigenvalue weighted by molar-refractivity contribution is 8.01. The van der Waals surface area contributed by atoms with Gasteiger partial charge in [0.15, 0.2) is 20.0 Å². The van der Waals surface area contributed by atoms with Crippen LogP contribution < -0.4 is 5.32 Å². The van der Waals surface area contributed by atoms with Gasteiger partial charge in [0.2, 0.25) is 5.13 Å². The Labute approximate surface area is 177 Å². The van der Waals surface area contributed by atoms with Gasteiger partial charge in [0.1, 0.15) is 0 Å². The number of carbonyl (C=O) groups is 2. The first-order chi connectivity index (χ1) is 13.7. The first-order valence-corrected chi connectivity index (χ1v) is 12.6. The number of amides is 1. The molecule has 1 fully saturated rings. The van der Waals surface area contributed by atoms with Gasteiger partial charge in [-0.15, -0.1) is 10.2 Å². The van der Waals surface area contributed by atoms with E-state index in [1.54, 1.807) is 6.92 Å². The van der Waals surface area contributed by atoms with E-state index < -0.39 is 15.9 Å². The first-order valence-electron chi connectivity index (χ1n) is 9.02. The van der Waals surface area contributed by atoms with Crippen LogP contribution in [0.15, 0.2) is 10.4 Å². The number of nitrogens with zero attached hydrogens (tertiary/aromatic N) is 3. The third kappa shape index (κ3) is 5.17. The summed E-state index contributed by atoms with van der Waals surface area (Å²) in [6.45, 7) is 5.70. The van der Waals surface area contributed by atoms with Gasteiger partial charge in [-0.2, -0.15) is 0 Å². The SMILES string of the molecule is CCOC(=O)Nc1nnc(SCC(=O)c2cc(C)n(C3CCS(=O)(=O)C3)c2C)s1. The van der Waals surface area contributed by atoms with Gasteiger partial charge < -0.3 is 9.30 Å². The van der Waals surface area contributed by atoms with Crippen LogP contribution in [-0.2, 0) is 14.6 Å². The van der Waals surface area contributed by atoms with E-state index in [0.29, 0.717) is 21.5 Å². The molecule has 158 valence electrons. The Morgan fingerprint density at radius 1 is 1.38 bits per heavy atom. The molecule has 0 aliphatic carbocycles. The highest BCUT2D eigenvalue weighted by Crippen LogP contribution is 2.31. The number of sulfone groups is 1. The molecule has 29 heavy (non-hydrogen) atoms. The Bertz CT molecular complexity index is 1030. The van der Waals surface area contributed by atoms with Crippen molar-refractivity contribution < 1.29 is 22.7 Å². The molecule has 9 nitrogen and oxygen atoms in total. The molecule has 0 aromatic carbocycles. The third-order valence-corrected chi connectivity index (χ3v) is 8.30. The zero-order valence-corrected chi connectivity index (χ0v) is 18.7. The largest absolute Gasteiger partial charge is 0.450 e. The number of anilines is 1.